The summed E-state index contributed by atoms with van der Waals surface area (Å²) in [6, 6.07) is 10.5. The number of aromatic amines is 1. The summed E-state index contributed by atoms with van der Waals surface area (Å²) in [6.45, 7) is 4.89. The van der Waals surface area contributed by atoms with Gasteiger partial charge in [0.15, 0.2) is 0 Å². The molecule has 0 saturated carbocycles. The zero-order valence-electron chi connectivity index (χ0n) is 17.7. The van der Waals surface area contributed by atoms with Gasteiger partial charge in [0, 0.05) is 41.8 Å². The lowest BCUT2D eigenvalue weighted by atomic mass is 10.0. The number of hydrogen-bond acceptors (Lipinski definition) is 5. The van der Waals surface area contributed by atoms with Gasteiger partial charge in [-0.05, 0) is 55.0 Å². The van der Waals surface area contributed by atoms with Crippen molar-refractivity contribution in [1.29, 1.82) is 0 Å². The zero-order chi connectivity index (χ0) is 22.3. The van der Waals surface area contributed by atoms with Crippen LogP contribution in [0.4, 0.5) is 19.0 Å². The van der Waals surface area contributed by atoms with E-state index in [1.165, 1.54) is 23.0 Å². The standard InChI is InChI=1S/C23H24F3N5S/c1-14-8-16-9-15(2-3-20(16)29-14)12-31-6-4-17(5-7-31)30-21-19-10-18(11-23(24,25)26)32-22(19)28-13-27-21/h2-3,8-10,13,17,29H,4-7,11-12H2,1H3,(H,27,28,30). The van der Waals surface area contributed by atoms with Crippen LogP contribution >= 0.6 is 11.3 Å². The van der Waals surface area contributed by atoms with Crippen molar-refractivity contribution in [3.8, 4) is 0 Å². The van der Waals surface area contributed by atoms with Crippen LogP contribution in [0.1, 0.15) is 29.0 Å². The summed E-state index contributed by atoms with van der Waals surface area (Å²) in [4.78, 5) is 15.1. The van der Waals surface area contributed by atoms with Crippen LogP contribution in [0.25, 0.3) is 21.1 Å². The first-order valence-corrected chi connectivity index (χ1v) is 11.5. The van der Waals surface area contributed by atoms with Gasteiger partial charge in [0.05, 0.1) is 11.8 Å². The Hall–Kier alpha value is -2.65. The lowest BCUT2D eigenvalue weighted by Crippen LogP contribution is -2.38. The van der Waals surface area contributed by atoms with E-state index >= 15 is 0 Å². The van der Waals surface area contributed by atoms with Crippen molar-refractivity contribution in [3.63, 3.8) is 0 Å². The molecule has 1 fully saturated rings. The molecule has 0 spiro atoms. The maximum atomic E-state index is 12.8. The van der Waals surface area contributed by atoms with Gasteiger partial charge in [-0.2, -0.15) is 13.2 Å². The first-order valence-electron chi connectivity index (χ1n) is 10.7. The van der Waals surface area contributed by atoms with E-state index in [2.05, 4.69) is 56.4 Å². The van der Waals surface area contributed by atoms with Crippen molar-refractivity contribution in [2.24, 2.45) is 0 Å². The van der Waals surface area contributed by atoms with E-state index in [0.717, 1.165) is 49.3 Å². The Morgan fingerprint density at radius 2 is 1.97 bits per heavy atom. The molecule has 1 aromatic carbocycles. The molecule has 3 aromatic heterocycles. The molecule has 0 unspecified atom stereocenters. The third kappa shape index (κ3) is 4.73. The van der Waals surface area contributed by atoms with Crippen molar-refractivity contribution >= 4 is 38.3 Å². The SMILES string of the molecule is Cc1cc2cc(CN3CCC(Nc4ncnc5sc(CC(F)(F)F)cc45)CC3)ccc2[nH]1. The van der Waals surface area contributed by atoms with Gasteiger partial charge < -0.3 is 10.3 Å². The highest BCUT2D eigenvalue weighted by atomic mass is 32.1. The minimum Gasteiger partial charge on any atom is -0.367 e. The zero-order valence-corrected chi connectivity index (χ0v) is 18.5. The number of anilines is 1. The summed E-state index contributed by atoms with van der Waals surface area (Å²) in [7, 11) is 0. The van der Waals surface area contributed by atoms with Crippen molar-refractivity contribution in [1.82, 2.24) is 19.9 Å². The number of halogens is 3. The van der Waals surface area contributed by atoms with E-state index in [0.29, 0.717) is 16.0 Å². The monoisotopic (exact) mass is 459 g/mol. The summed E-state index contributed by atoms with van der Waals surface area (Å²) in [6.07, 6.45) is -1.82. The third-order valence-electron chi connectivity index (χ3n) is 5.91. The molecule has 4 heterocycles. The van der Waals surface area contributed by atoms with Gasteiger partial charge in [-0.1, -0.05) is 6.07 Å². The predicted octanol–water partition coefficient (Wildman–Crippen LogP) is 5.66. The topological polar surface area (TPSA) is 56.8 Å². The summed E-state index contributed by atoms with van der Waals surface area (Å²) < 4.78 is 38.3. The molecule has 0 atom stereocenters. The highest BCUT2D eigenvalue weighted by Crippen LogP contribution is 2.33. The number of likely N-dealkylation sites (tertiary alicyclic amines) is 1. The Morgan fingerprint density at radius 1 is 1.16 bits per heavy atom. The lowest BCUT2D eigenvalue weighted by Gasteiger charge is -2.32. The minimum atomic E-state index is -4.22. The quantitative estimate of drug-likeness (QED) is 0.404. The van der Waals surface area contributed by atoms with E-state index in [1.54, 1.807) is 6.07 Å². The molecule has 1 aliphatic rings. The molecule has 2 N–H and O–H groups in total. The number of piperidine rings is 1. The van der Waals surface area contributed by atoms with Gasteiger partial charge in [0.25, 0.3) is 0 Å². The van der Waals surface area contributed by atoms with Crippen LogP contribution in [-0.4, -0.2) is 45.2 Å². The second-order valence-corrected chi connectivity index (χ2v) is 9.63. The summed E-state index contributed by atoms with van der Waals surface area (Å²) in [5.41, 5.74) is 3.63. The molecular weight excluding hydrogens is 435 g/mol. The van der Waals surface area contributed by atoms with Crippen LogP contribution in [0.2, 0.25) is 0 Å². The molecule has 9 heteroatoms. The van der Waals surface area contributed by atoms with Gasteiger partial charge in [-0.15, -0.1) is 11.3 Å². The van der Waals surface area contributed by atoms with E-state index in [-0.39, 0.29) is 10.9 Å². The summed E-state index contributed by atoms with van der Waals surface area (Å²) >= 11 is 1.08. The molecule has 32 heavy (non-hydrogen) atoms. The summed E-state index contributed by atoms with van der Waals surface area (Å²) in [5, 5.41) is 5.37. The van der Waals surface area contributed by atoms with E-state index in [4.69, 9.17) is 0 Å². The summed E-state index contributed by atoms with van der Waals surface area (Å²) in [5.74, 6) is 0.631. The number of aryl methyl sites for hydroxylation is 1. The first kappa shape index (κ1) is 21.2. The number of H-pyrrole nitrogens is 1. The molecule has 0 amide bonds. The molecule has 1 saturated heterocycles. The molecule has 4 aromatic rings. The van der Waals surface area contributed by atoms with Crippen LogP contribution in [0.5, 0.6) is 0 Å². The number of fused-ring (bicyclic) bond motifs is 2. The van der Waals surface area contributed by atoms with Gasteiger partial charge >= 0.3 is 6.18 Å². The second kappa shape index (κ2) is 8.37. The number of nitrogens with one attached hydrogen (secondary N) is 2. The first-order chi connectivity index (χ1) is 15.3. The maximum absolute atomic E-state index is 12.8. The molecule has 0 bridgehead atoms. The Morgan fingerprint density at radius 3 is 2.75 bits per heavy atom. The molecule has 0 radical (unpaired) electrons. The van der Waals surface area contributed by atoms with E-state index in [1.807, 2.05) is 0 Å². The molecule has 1 aliphatic heterocycles. The average molecular weight is 460 g/mol. The number of thiophene rings is 1. The Bertz CT molecular complexity index is 1240. The van der Waals surface area contributed by atoms with Crippen LogP contribution in [-0.2, 0) is 13.0 Å². The van der Waals surface area contributed by atoms with Gasteiger partial charge in [0.2, 0.25) is 0 Å². The van der Waals surface area contributed by atoms with Crippen molar-refractivity contribution < 1.29 is 13.2 Å². The number of rotatable bonds is 5. The number of aromatic nitrogens is 3. The maximum Gasteiger partial charge on any atom is 0.393 e. The van der Waals surface area contributed by atoms with Crippen LogP contribution < -0.4 is 5.32 Å². The third-order valence-corrected chi connectivity index (χ3v) is 6.95. The molecular formula is C23H24F3N5S. The van der Waals surface area contributed by atoms with E-state index in [9.17, 15) is 13.2 Å². The molecule has 0 aliphatic carbocycles. The predicted molar refractivity (Wildman–Crippen MR) is 122 cm³/mol. The van der Waals surface area contributed by atoms with Gasteiger partial charge in [0.1, 0.15) is 17.0 Å². The number of alkyl halides is 3. The molecule has 168 valence electrons. The van der Waals surface area contributed by atoms with Gasteiger partial charge in [-0.25, -0.2) is 9.97 Å². The van der Waals surface area contributed by atoms with Crippen LogP contribution in [0, 0.1) is 6.92 Å². The Balaban J connectivity index is 1.21. The fourth-order valence-corrected chi connectivity index (χ4v) is 5.44. The van der Waals surface area contributed by atoms with Crippen molar-refractivity contribution in [2.75, 3.05) is 18.4 Å². The largest absolute Gasteiger partial charge is 0.393 e. The lowest BCUT2D eigenvalue weighted by molar-refractivity contribution is -0.126. The van der Waals surface area contributed by atoms with Crippen molar-refractivity contribution in [3.05, 3.63) is 52.8 Å². The highest BCUT2D eigenvalue weighted by Gasteiger charge is 2.29. The molecule has 5 nitrogen and oxygen atoms in total. The second-order valence-electron chi connectivity index (χ2n) is 8.51. The Kier molecular flexibility index (Phi) is 5.54. The van der Waals surface area contributed by atoms with Crippen molar-refractivity contribution in [2.45, 2.75) is 44.9 Å². The number of hydrogen-bond donors (Lipinski definition) is 2. The normalized spacial score (nSPS) is 16.2. The minimum absolute atomic E-state index is 0.241. The fraction of sp³-hybridized carbons (Fsp3) is 0.391. The van der Waals surface area contributed by atoms with E-state index < -0.39 is 12.6 Å². The Labute approximate surface area is 187 Å². The van der Waals surface area contributed by atoms with Gasteiger partial charge in [-0.3, -0.25) is 4.90 Å². The number of benzene rings is 1. The molecule has 5 rings (SSSR count). The van der Waals surface area contributed by atoms with Crippen LogP contribution in [0.3, 0.4) is 0 Å². The number of nitrogens with zero attached hydrogens (tertiary/aromatic N) is 3. The fourth-order valence-electron chi connectivity index (χ4n) is 4.42. The smallest absolute Gasteiger partial charge is 0.367 e. The average Bonchev–Trinajstić information content (AvgIpc) is 3.30. The van der Waals surface area contributed by atoms with Crippen LogP contribution in [0.15, 0.2) is 36.7 Å². The highest BCUT2D eigenvalue weighted by molar-refractivity contribution is 7.18.